The van der Waals surface area contributed by atoms with E-state index in [0.717, 1.165) is 34.7 Å². The van der Waals surface area contributed by atoms with E-state index in [1.165, 1.54) is 0 Å². The molecule has 0 saturated carbocycles. The monoisotopic (exact) mass is 331 g/mol. The molecule has 1 aromatic carbocycles. The molecule has 0 amide bonds. The molecule has 1 N–H and O–H groups in total. The molecule has 1 aliphatic heterocycles. The van der Waals surface area contributed by atoms with Gasteiger partial charge in [0, 0.05) is 29.1 Å². The summed E-state index contributed by atoms with van der Waals surface area (Å²) in [5, 5.41) is 9.67. The number of aliphatic carboxylic acids is 1. The zero-order valence-corrected chi connectivity index (χ0v) is 12.4. The molecule has 0 bridgehead atoms. The van der Waals surface area contributed by atoms with E-state index >= 15 is 0 Å². The Hall–Kier alpha value is -0.580. The summed E-state index contributed by atoms with van der Waals surface area (Å²) in [6.45, 7) is 4.23. The van der Waals surface area contributed by atoms with Gasteiger partial charge in [0.05, 0.1) is 5.92 Å². The van der Waals surface area contributed by atoms with Gasteiger partial charge in [0.25, 0.3) is 0 Å². The second kappa shape index (κ2) is 5.59. The van der Waals surface area contributed by atoms with E-state index in [-0.39, 0.29) is 11.8 Å². The lowest BCUT2D eigenvalue weighted by Crippen LogP contribution is -2.50. The van der Waals surface area contributed by atoms with Crippen LogP contribution in [0.3, 0.4) is 0 Å². The molecule has 1 atom stereocenters. The van der Waals surface area contributed by atoms with Gasteiger partial charge in [-0.05, 0) is 23.6 Å². The zero-order valence-electron chi connectivity index (χ0n) is 10.1. The predicted molar refractivity (Wildman–Crippen MR) is 74.7 cm³/mol. The second-order valence-electron chi connectivity index (χ2n) is 4.82. The minimum atomic E-state index is -0.707. The average molecular weight is 333 g/mol. The summed E-state index contributed by atoms with van der Waals surface area (Å²) in [6.07, 6.45) is 0. The highest BCUT2D eigenvalue weighted by atomic mass is 79.9. The minimum absolute atomic E-state index is 0.261. The molecule has 0 radical (unpaired) electrons. The van der Waals surface area contributed by atoms with E-state index < -0.39 is 5.97 Å². The highest BCUT2D eigenvalue weighted by Crippen LogP contribution is 2.28. The number of halogens is 2. The molecule has 1 aliphatic rings. The van der Waals surface area contributed by atoms with Crippen LogP contribution in [0.5, 0.6) is 0 Å². The number of carbonyl (C=O) groups is 1. The molecule has 5 heteroatoms. The maximum Gasteiger partial charge on any atom is 0.306 e. The number of likely N-dealkylation sites (tertiary alicyclic amines) is 1. The highest BCUT2D eigenvalue weighted by molar-refractivity contribution is 9.10. The molecule has 1 heterocycles. The number of rotatable bonds is 4. The van der Waals surface area contributed by atoms with Gasteiger partial charge >= 0.3 is 5.97 Å². The van der Waals surface area contributed by atoms with E-state index in [1.807, 2.05) is 18.2 Å². The lowest BCUT2D eigenvalue weighted by molar-refractivity contribution is -0.145. The third kappa shape index (κ3) is 3.05. The van der Waals surface area contributed by atoms with Gasteiger partial charge in [-0.1, -0.05) is 40.5 Å². The quantitative estimate of drug-likeness (QED) is 0.920. The van der Waals surface area contributed by atoms with Crippen LogP contribution in [0.4, 0.5) is 0 Å². The number of hydrogen-bond acceptors (Lipinski definition) is 2. The van der Waals surface area contributed by atoms with Gasteiger partial charge in [-0.2, -0.15) is 0 Å². The summed E-state index contributed by atoms with van der Waals surface area (Å²) < 4.78 is 0.970. The Morgan fingerprint density at radius 3 is 2.83 bits per heavy atom. The fourth-order valence-corrected chi connectivity index (χ4v) is 2.88. The van der Waals surface area contributed by atoms with Crippen molar-refractivity contribution in [3.05, 3.63) is 33.3 Å². The first-order valence-corrected chi connectivity index (χ1v) is 7.03. The number of benzene rings is 1. The minimum Gasteiger partial charge on any atom is -0.481 e. The first-order chi connectivity index (χ1) is 8.47. The molecule has 2 rings (SSSR count). The summed E-state index contributed by atoms with van der Waals surface area (Å²) in [6, 6.07) is 5.85. The van der Waals surface area contributed by atoms with Crippen molar-refractivity contribution in [1.82, 2.24) is 4.90 Å². The third-order valence-electron chi connectivity index (χ3n) is 3.49. The fraction of sp³-hybridized carbons (Fsp3) is 0.462. The molecule has 0 aliphatic carbocycles. The summed E-state index contributed by atoms with van der Waals surface area (Å²) in [5.74, 6) is -0.709. The Balaban J connectivity index is 1.88. The van der Waals surface area contributed by atoms with Crippen molar-refractivity contribution >= 4 is 33.5 Å². The lowest BCUT2D eigenvalue weighted by Gasteiger charge is -2.41. The van der Waals surface area contributed by atoms with Crippen molar-refractivity contribution in [2.24, 2.45) is 11.8 Å². The Morgan fingerprint density at radius 1 is 1.61 bits per heavy atom. The molecule has 1 saturated heterocycles. The van der Waals surface area contributed by atoms with E-state index in [1.54, 1.807) is 6.92 Å². The van der Waals surface area contributed by atoms with Gasteiger partial charge in [0.1, 0.15) is 0 Å². The van der Waals surface area contributed by atoms with Crippen LogP contribution >= 0.6 is 27.5 Å². The van der Waals surface area contributed by atoms with Gasteiger partial charge in [-0.25, -0.2) is 0 Å². The summed E-state index contributed by atoms with van der Waals surface area (Å²) >= 11 is 9.53. The Labute approximate surface area is 120 Å². The van der Waals surface area contributed by atoms with Crippen LogP contribution in [0.15, 0.2) is 22.7 Å². The van der Waals surface area contributed by atoms with Crippen molar-refractivity contribution < 1.29 is 9.90 Å². The normalized spacial score (nSPS) is 18.4. The van der Waals surface area contributed by atoms with Crippen molar-refractivity contribution in [2.75, 3.05) is 13.1 Å². The average Bonchev–Trinajstić information content (AvgIpc) is 2.24. The number of nitrogens with zero attached hydrogens (tertiary/aromatic N) is 1. The third-order valence-corrected chi connectivity index (χ3v) is 4.34. The van der Waals surface area contributed by atoms with Gasteiger partial charge < -0.3 is 5.11 Å². The van der Waals surface area contributed by atoms with Crippen molar-refractivity contribution in [1.29, 1.82) is 0 Å². The van der Waals surface area contributed by atoms with E-state index in [9.17, 15) is 4.79 Å². The Morgan fingerprint density at radius 2 is 2.28 bits per heavy atom. The predicted octanol–water partition coefficient (Wildman–Crippen LogP) is 3.26. The maximum atomic E-state index is 10.8. The van der Waals surface area contributed by atoms with E-state index in [2.05, 4.69) is 20.8 Å². The second-order valence-corrected chi connectivity index (χ2v) is 6.14. The van der Waals surface area contributed by atoms with Crippen LogP contribution in [0.25, 0.3) is 0 Å². The molecule has 98 valence electrons. The van der Waals surface area contributed by atoms with Crippen LogP contribution in [0.1, 0.15) is 12.5 Å². The maximum absolute atomic E-state index is 10.8. The van der Waals surface area contributed by atoms with Crippen LogP contribution in [-0.2, 0) is 11.3 Å². The summed E-state index contributed by atoms with van der Waals surface area (Å²) in [7, 11) is 0. The summed E-state index contributed by atoms with van der Waals surface area (Å²) in [5.41, 5.74) is 1.08. The van der Waals surface area contributed by atoms with Crippen LogP contribution in [0.2, 0.25) is 5.02 Å². The Kier molecular flexibility index (Phi) is 4.30. The molecular weight excluding hydrogens is 318 g/mol. The fourth-order valence-electron chi connectivity index (χ4n) is 2.15. The van der Waals surface area contributed by atoms with Crippen molar-refractivity contribution in [3.63, 3.8) is 0 Å². The largest absolute Gasteiger partial charge is 0.481 e. The topological polar surface area (TPSA) is 40.5 Å². The SMILES string of the molecule is CC(C(=O)O)C1CN(Cc2ccc(Br)cc2Cl)C1. The lowest BCUT2D eigenvalue weighted by atomic mass is 9.87. The molecule has 0 spiro atoms. The molecule has 18 heavy (non-hydrogen) atoms. The standard InChI is InChI=1S/C13H15BrClNO2/c1-8(13(17)18)10-6-16(7-10)5-9-2-3-11(14)4-12(9)15/h2-4,8,10H,5-7H2,1H3,(H,17,18). The number of carboxylic acid groups (broad SMARTS) is 1. The van der Waals surface area contributed by atoms with Crippen LogP contribution in [-0.4, -0.2) is 29.1 Å². The first kappa shape index (κ1) is 13.8. The molecule has 1 aromatic rings. The molecule has 1 unspecified atom stereocenters. The molecule has 3 nitrogen and oxygen atoms in total. The van der Waals surface area contributed by atoms with E-state index in [0.29, 0.717) is 0 Å². The zero-order chi connectivity index (χ0) is 13.3. The number of carboxylic acids is 1. The van der Waals surface area contributed by atoms with Crippen molar-refractivity contribution in [3.8, 4) is 0 Å². The Bertz CT molecular complexity index is 460. The van der Waals surface area contributed by atoms with E-state index in [4.69, 9.17) is 16.7 Å². The van der Waals surface area contributed by atoms with Crippen LogP contribution in [0, 0.1) is 11.8 Å². The van der Waals surface area contributed by atoms with Crippen molar-refractivity contribution in [2.45, 2.75) is 13.5 Å². The van der Waals surface area contributed by atoms with Crippen LogP contribution < -0.4 is 0 Å². The summed E-state index contributed by atoms with van der Waals surface area (Å²) in [4.78, 5) is 13.1. The first-order valence-electron chi connectivity index (χ1n) is 5.86. The van der Waals surface area contributed by atoms with Gasteiger partial charge in [-0.15, -0.1) is 0 Å². The molecule has 0 aromatic heterocycles. The van der Waals surface area contributed by atoms with Gasteiger partial charge in [0.15, 0.2) is 0 Å². The molecular formula is C13H15BrClNO2. The smallest absolute Gasteiger partial charge is 0.306 e. The van der Waals surface area contributed by atoms with Gasteiger partial charge in [0.2, 0.25) is 0 Å². The molecule has 1 fully saturated rings. The highest BCUT2D eigenvalue weighted by Gasteiger charge is 2.34. The van der Waals surface area contributed by atoms with Gasteiger partial charge in [-0.3, -0.25) is 9.69 Å². The number of hydrogen-bond donors (Lipinski definition) is 1.